The van der Waals surface area contributed by atoms with Gasteiger partial charge in [-0.05, 0) is 25.0 Å². The van der Waals surface area contributed by atoms with Crippen LogP contribution in [0.25, 0.3) is 0 Å². The molecule has 0 amide bonds. The molecule has 0 aliphatic heterocycles. The highest BCUT2D eigenvalue weighted by Crippen LogP contribution is 2.01. The molecule has 1 N–H and O–H groups in total. The Morgan fingerprint density at radius 2 is 2.50 bits per heavy atom. The molecule has 1 aromatic rings. The third-order valence-electron chi connectivity index (χ3n) is 1.59. The van der Waals surface area contributed by atoms with Gasteiger partial charge in [-0.3, -0.25) is 4.79 Å². The minimum atomic E-state index is -0.126. The third kappa shape index (κ3) is 2.78. The van der Waals surface area contributed by atoms with Crippen molar-refractivity contribution < 1.29 is 9.53 Å². The summed E-state index contributed by atoms with van der Waals surface area (Å²) >= 11 is 0. The van der Waals surface area contributed by atoms with Crippen LogP contribution < -0.4 is 0 Å². The summed E-state index contributed by atoms with van der Waals surface area (Å²) in [6.45, 7) is 2.28. The van der Waals surface area contributed by atoms with Crippen LogP contribution in [0.4, 0.5) is 0 Å². The molecule has 0 saturated heterocycles. The number of H-pyrrole nitrogens is 1. The summed E-state index contributed by atoms with van der Waals surface area (Å²) in [4.78, 5) is 13.8. The van der Waals surface area contributed by atoms with Crippen LogP contribution in [0.3, 0.4) is 0 Å². The van der Waals surface area contributed by atoms with Crippen LogP contribution in [-0.4, -0.2) is 17.6 Å². The van der Waals surface area contributed by atoms with Crippen LogP contribution in [0.15, 0.2) is 18.5 Å². The van der Waals surface area contributed by atoms with E-state index >= 15 is 0 Å². The normalized spacial score (nSPS) is 9.75. The minimum absolute atomic E-state index is 0.126. The van der Waals surface area contributed by atoms with Crippen molar-refractivity contribution in [3.8, 4) is 0 Å². The van der Waals surface area contributed by atoms with E-state index in [9.17, 15) is 4.79 Å². The molecule has 0 unspecified atom stereocenters. The van der Waals surface area contributed by atoms with E-state index in [-0.39, 0.29) is 5.97 Å². The zero-order valence-corrected chi connectivity index (χ0v) is 7.17. The number of ether oxygens (including phenoxy) is 1. The van der Waals surface area contributed by atoms with E-state index in [4.69, 9.17) is 4.74 Å². The van der Waals surface area contributed by atoms with E-state index in [2.05, 4.69) is 4.98 Å². The Bertz CT molecular complexity index is 229. The highest BCUT2D eigenvalue weighted by molar-refractivity contribution is 5.69. The van der Waals surface area contributed by atoms with Gasteiger partial charge in [0.15, 0.2) is 0 Å². The molecule has 1 heterocycles. The molecule has 0 aromatic carbocycles. The number of carbonyl (C=O) groups excluding carboxylic acids is 1. The van der Waals surface area contributed by atoms with Crippen molar-refractivity contribution in [1.82, 2.24) is 4.98 Å². The van der Waals surface area contributed by atoms with Crippen LogP contribution in [0.1, 0.15) is 18.9 Å². The summed E-state index contributed by atoms with van der Waals surface area (Å²) in [6, 6.07) is 1.96. The Labute approximate surface area is 71.7 Å². The van der Waals surface area contributed by atoms with Gasteiger partial charge >= 0.3 is 5.97 Å². The molecule has 0 saturated carbocycles. The number of hydrogen-bond donors (Lipinski definition) is 1. The Balaban J connectivity index is 2.22. The van der Waals surface area contributed by atoms with Crippen molar-refractivity contribution in [2.45, 2.75) is 19.8 Å². The second-order valence-electron chi connectivity index (χ2n) is 2.52. The number of aromatic nitrogens is 1. The Morgan fingerprint density at radius 1 is 1.67 bits per heavy atom. The molecule has 0 aliphatic rings. The number of hydrogen-bond acceptors (Lipinski definition) is 2. The SMILES string of the molecule is CCOC(=O)CCc1cc[nH]c1. The van der Waals surface area contributed by atoms with Crippen LogP contribution in [-0.2, 0) is 16.0 Å². The van der Waals surface area contributed by atoms with Crippen LogP contribution in [0.5, 0.6) is 0 Å². The van der Waals surface area contributed by atoms with Gasteiger partial charge in [0.05, 0.1) is 6.61 Å². The summed E-state index contributed by atoms with van der Waals surface area (Å²) in [6.07, 6.45) is 4.95. The monoisotopic (exact) mass is 167 g/mol. The van der Waals surface area contributed by atoms with Gasteiger partial charge < -0.3 is 9.72 Å². The van der Waals surface area contributed by atoms with E-state index < -0.39 is 0 Å². The van der Waals surface area contributed by atoms with Crippen molar-refractivity contribution in [2.75, 3.05) is 6.61 Å². The first-order valence-corrected chi connectivity index (χ1v) is 4.10. The van der Waals surface area contributed by atoms with Crippen molar-refractivity contribution >= 4 is 5.97 Å². The van der Waals surface area contributed by atoms with Crippen LogP contribution in [0.2, 0.25) is 0 Å². The third-order valence-corrected chi connectivity index (χ3v) is 1.59. The smallest absolute Gasteiger partial charge is 0.306 e. The van der Waals surface area contributed by atoms with Gasteiger partial charge in [-0.15, -0.1) is 0 Å². The summed E-state index contributed by atoms with van der Waals surface area (Å²) in [5.41, 5.74) is 1.14. The van der Waals surface area contributed by atoms with Gasteiger partial charge in [0, 0.05) is 18.8 Å². The second-order valence-corrected chi connectivity index (χ2v) is 2.52. The highest BCUT2D eigenvalue weighted by Gasteiger charge is 2.01. The Kier molecular flexibility index (Phi) is 3.38. The molecule has 0 bridgehead atoms. The maximum Gasteiger partial charge on any atom is 0.306 e. The number of nitrogens with one attached hydrogen (secondary N) is 1. The minimum Gasteiger partial charge on any atom is -0.466 e. The van der Waals surface area contributed by atoms with Gasteiger partial charge in [0.2, 0.25) is 0 Å². The standard InChI is InChI=1S/C9H13NO2/c1-2-12-9(11)4-3-8-5-6-10-7-8/h5-7,10H,2-4H2,1H3. The number of rotatable bonds is 4. The van der Waals surface area contributed by atoms with Gasteiger partial charge in [-0.25, -0.2) is 0 Å². The molecule has 3 heteroatoms. The van der Waals surface area contributed by atoms with E-state index in [0.717, 1.165) is 12.0 Å². The fourth-order valence-electron chi connectivity index (χ4n) is 0.993. The summed E-state index contributed by atoms with van der Waals surface area (Å²) < 4.78 is 4.79. The fourth-order valence-corrected chi connectivity index (χ4v) is 0.993. The molecule has 0 radical (unpaired) electrons. The van der Waals surface area contributed by atoms with Crippen LogP contribution in [0, 0.1) is 0 Å². The Morgan fingerprint density at radius 3 is 3.08 bits per heavy atom. The van der Waals surface area contributed by atoms with Gasteiger partial charge in [-0.2, -0.15) is 0 Å². The molecule has 0 spiro atoms. The number of aromatic amines is 1. The van der Waals surface area contributed by atoms with E-state index in [1.54, 1.807) is 0 Å². The lowest BCUT2D eigenvalue weighted by molar-refractivity contribution is -0.143. The fraction of sp³-hybridized carbons (Fsp3) is 0.444. The van der Waals surface area contributed by atoms with E-state index in [0.29, 0.717) is 13.0 Å². The first-order chi connectivity index (χ1) is 5.83. The quantitative estimate of drug-likeness (QED) is 0.690. The topological polar surface area (TPSA) is 42.1 Å². The number of carbonyl (C=O) groups is 1. The molecule has 1 aromatic heterocycles. The van der Waals surface area contributed by atoms with Gasteiger partial charge in [-0.1, -0.05) is 0 Å². The molecular formula is C9H13NO2. The van der Waals surface area contributed by atoms with Crippen molar-refractivity contribution in [1.29, 1.82) is 0 Å². The molecule has 66 valence electrons. The molecule has 0 aliphatic carbocycles. The lowest BCUT2D eigenvalue weighted by Crippen LogP contribution is -2.04. The van der Waals surface area contributed by atoms with Gasteiger partial charge in [0.25, 0.3) is 0 Å². The lowest BCUT2D eigenvalue weighted by atomic mass is 10.2. The first kappa shape index (κ1) is 8.84. The number of aryl methyl sites for hydroxylation is 1. The predicted octanol–water partition coefficient (Wildman–Crippen LogP) is 1.51. The Hall–Kier alpha value is -1.25. The molecule has 3 nitrogen and oxygen atoms in total. The summed E-state index contributed by atoms with van der Waals surface area (Å²) in [5, 5.41) is 0. The van der Waals surface area contributed by atoms with Crippen molar-refractivity contribution in [3.05, 3.63) is 24.0 Å². The zero-order chi connectivity index (χ0) is 8.81. The highest BCUT2D eigenvalue weighted by atomic mass is 16.5. The summed E-state index contributed by atoms with van der Waals surface area (Å²) in [7, 11) is 0. The first-order valence-electron chi connectivity index (χ1n) is 4.10. The summed E-state index contributed by atoms with van der Waals surface area (Å²) in [5.74, 6) is -0.126. The largest absolute Gasteiger partial charge is 0.466 e. The average Bonchev–Trinajstić information content (AvgIpc) is 2.53. The molecule has 0 atom stereocenters. The van der Waals surface area contributed by atoms with Crippen molar-refractivity contribution in [3.63, 3.8) is 0 Å². The predicted molar refractivity (Wildman–Crippen MR) is 45.7 cm³/mol. The van der Waals surface area contributed by atoms with E-state index in [1.807, 2.05) is 25.4 Å². The molecule has 12 heavy (non-hydrogen) atoms. The lowest BCUT2D eigenvalue weighted by Gasteiger charge is -1.99. The molecule has 0 fully saturated rings. The number of esters is 1. The molecular weight excluding hydrogens is 154 g/mol. The van der Waals surface area contributed by atoms with Crippen LogP contribution >= 0.6 is 0 Å². The van der Waals surface area contributed by atoms with Gasteiger partial charge in [0.1, 0.15) is 0 Å². The average molecular weight is 167 g/mol. The maximum atomic E-state index is 10.9. The van der Waals surface area contributed by atoms with E-state index in [1.165, 1.54) is 0 Å². The van der Waals surface area contributed by atoms with Crippen molar-refractivity contribution in [2.24, 2.45) is 0 Å². The zero-order valence-electron chi connectivity index (χ0n) is 7.17. The second kappa shape index (κ2) is 4.59. The molecule has 1 rings (SSSR count). The maximum absolute atomic E-state index is 10.9.